The predicted octanol–water partition coefficient (Wildman–Crippen LogP) is 3.09. The summed E-state index contributed by atoms with van der Waals surface area (Å²) in [5.41, 5.74) is 1.15. The van der Waals surface area contributed by atoms with Crippen molar-refractivity contribution in [3.63, 3.8) is 0 Å². The number of rotatable bonds is 5. The van der Waals surface area contributed by atoms with Crippen LogP contribution in [-0.2, 0) is 6.42 Å². The molecule has 1 aromatic heterocycles. The summed E-state index contributed by atoms with van der Waals surface area (Å²) in [6.07, 6.45) is 12.9. The third-order valence-electron chi connectivity index (χ3n) is 4.47. The van der Waals surface area contributed by atoms with Gasteiger partial charge in [-0.05, 0) is 50.5 Å². The van der Waals surface area contributed by atoms with E-state index in [1.165, 1.54) is 44.9 Å². The first-order valence-corrected chi connectivity index (χ1v) is 7.55. The molecule has 0 radical (unpaired) electrons. The number of aliphatic hydroxyl groups is 1. The summed E-state index contributed by atoms with van der Waals surface area (Å²) in [6.45, 7) is 0. The number of hydrogen-bond donors (Lipinski definition) is 1. The van der Waals surface area contributed by atoms with Crippen LogP contribution in [0.1, 0.15) is 63.1 Å². The molecule has 1 unspecified atom stereocenters. The first-order chi connectivity index (χ1) is 8.83. The molecule has 3 heteroatoms. The quantitative estimate of drug-likeness (QED) is 0.869. The molecule has 0 aliphatic heterocycles. The van der Waals surface area contributed by atoms with Gasteiger partial charge in [0.05, 0.1) is 17.8 Å². The van der Waals surface area contributed by atoms with Crippen molar-refractivity contribution in [3.05, 3.63) is 18.0 Å². The van der Waals surface area contributed by atoms with Crippen LogP contribution in [-0.4, -0.2) is 21.0 Å². The lowest BCUT2D eigenvalue weighted by Gasteiger charge is -2.21. The van der Waals surface area contributed by atoms with Crippen molar-refractivity contribution in [2.24, 2.45) is 5.92 Å². The van der Waals surface area contributed by atoms with Crippen molar-refractivity contribution in [3.8, 4) is 0 Å². The number of aryl methyl sites for hydroxylation is 1. The van der Waals surface area contributed by atoms with Gasteiger partial charge in [-0.15, -0.1) is 0 Å². The Morgan fingerprint density at radius 1 is 1.22 bits per heavy atom. The second-order valence-electron chi connectivity index (χ2n) is 6.02. The Labute approximate surface area is 109 Å². The summed E-state index contributed by atoms with van der Waals surface area (Å²) in [6, 6.07) is 2.76. The third-order valence-corrected chi connectivity index (χ3v) is 4.47. The van der Waals surface area contributed by atoms with Gasteiger partial charge in [-0.2, -0.15) is 5.10 Å². The van der Waals surface area contributed by atoms with Gasteiger partial charge in [0.25, 0.3) is 0 Å². The van der Waals surface area contributed by atoms with E-state index < -0.39 is 0 Å². The van der Waals surface area contributed by atoms with Crippen molar-refractivity contribution < 1.29 is 5.11 Å². The second kappa shape index (κ2) is 5.43. The molecule has 1 N–H and O–H groups in total. The smallest absolute Gasteiger partial charge is 0.0625 e. The highest BCUT2D eigenvalue weighted by atomic mass is 16.3. The minimum Gasteiger partial charge on any atom is -0.393 e. The summed E-state index contributed by atoms with van der Waals surface area (Å²) < 4.78 is 2.16. The molecule has 2 aliphatic carbocycles. The van der Waals surface area contributed by atoms with E-state index in [0.29, 0.717) is 12.0 Å². The van der Waals surface area contributed by atoms with E-state index in [9.17, 15) is 5.11 Å². The van der Waals surface area contributed by atoms with Crippen LogP contribution in [0.5, 0.6) is 0 Å². The van der Waals surface area contributed by atoms with Gasteiger partial charge < -0.3 is 5.11 Å². The highest BCUT2D eigenvalue weighted by Crippen LogP contribution is 2.34. The molecular formula is C15H24N2O. The maximum atomic E-state index is 9.87. The largest absolute Gasteiger partial charge is 0.393 e. The van der Waals surface area contributed by atoms with Crippen LogP contribution in [0.2, 0.25) is 0 Å². The fraction of sp³-hybridized carbons (Fsp3) is 0.800. The van der Waals surface area contributed by atoms with Crippen LogP contribution < -0.4 is 0 Å². The van der Waals surface area contributed by atoms with Gasteiger partial charge in [-0.1, -0.05) is 19.3 Å². The number of hydrogen-bond acceptors (Lipinski definition) is 2. The molecule has 1 heterocycles. The molecule has 0 bridgehead atoms. The Bertz CT molecular complexity index is 378. The third kappa shape index (κ3) is 2.94. The van der Waals surface area contributed by atoms with Gasteiger partial charge in [0.2, 0.25) is 0 Å². The average Bonchev–Trinajstić information content (AvgIpc) is 3.16. The van der Waals surface area contributed by atoms with Gasteiger partial charge >= 0.3 is 0 Å². The normalized spacial score (nSPS) is 23.2. The molecule has 1 atom stereocenters. The van der Waals surface area contributed by atoms with Crippen LogP contribution in [0, 0.1) is 5.92 Å². The topological polar surface area (TPSA) is 38.0 Å². The molecule has 0 spiro atoms. The molecule has 100 valence electrons. The molecule has 0 amide bonds. The fourth-order valence-electron chi connectivity index (χ4n) is 3.07. The monoisotopic (exact) mass is 248 g/mol. The van der Waals surface area contributed by atoms with E-state index in [0.717, 1.165) is 18.5 Å². The zero-order valence-corrected chi connectivity index (χ0v) is 11.1. The Kier molecular flexibility index (Phi) is 3.69. The van der Waals surface area contributed by atoms with Gasteiger partial charge in [0.15, 0.2) is 0 Å². The summed E-state index contributed by atoms with van der Waals surface area (Å²) >= 11 is 0. The zero-order valence-electron chi connectivity index (χ0n) is 11.1. The number of aromatic nitrogens is 2. The molecule has 2 aliphatic rings. The van der Waals surface area contributed by atoms with Crippen molar-refractivity contribution in [1.29, 1.82) is 0 Å². The molecule has 0 saturated heterocycles. The lowest BCUT2D eigenvalue weighted by atomic mass is 9.96. The molecule has 2 saturated carbocycles. The van der Waals surface area contributed by atoms with Crippen LogP contribution >= 0.6 is 0 Å². The van der Waals surface area contributed by atoms with E-state index in [1.54, 1.807) is 0 Å². The van der Waals surface area contributed by atoms with Crippen LogP contribution in [0.3, 0.4) is 0 Å². The minimum atomic E-state index is -0.0927. The lowest BCUT2D eigenvalue weighted by Crippen LogP contribution is -2.14. The Balaban J connectivity index is 1.52. The lowest BCUT2D eigenvalue weighted by molar-refractivity contribution is 0.141. The standard InChI is InChI=1S/C15H24N2O/c18-15(12-6-7-12)9-8-13-10-11-17(16-13)14-4-2-1-3-5-14/h10-12,14-15,18H,1-9H2. The highest BCUT2D eigenvalue weighted by Gasteiger charge is 2.29. The van der Waals surface area contributed by atoms with Gasteiger partial charge in [-0.3, -0.25) is 4.68 Å². The van der Waals surface area contributed by atoms with Crippen LogP contribution in [0.15, 0.2) is 12.3 Å². The van der Waals surface area contributed by atoms with Gasteiger partial charge in [-0.25, -0.2) is 0 Å². The Hall–Kier alpha value is -0.830. The Morgan fingerprint density at radius 3 is 2.72 bits per heavy atom. The maximum absolute atomic E-state index is 9.87. The summed E-state index contributed by atoms with van der Waals surface area (Å²) in [5.74, 6) is 0.588. The first kappa shape index (κ1) is 12.2. The first-order valence-electron chi connectivity index (χ1n) is 7.55. The average molecular weight is 248 g/mol. The van der Waals surface area contributed by atoms with Crippen molar-refractivity contribution in [2.45, 2.75) is 69.9 Å². The minimum absolute atomic E-state index is 0.0927. The maximum Gasteiger partial charge on any atom is 0.0625 e. The summed E-state index contributed by atoms with van der Waals surface area (Å²) in [7, 11) is 0. The van der Waals surface area contributed by atoms with E-state index in [1.807, 2.05) is 0 Å². The summed E-state index contributed by atoms with van der Waals surface area (Å²) in [4.78, 5) is 0. The van der Waals surface area contributed by atoms with E-state index in [-0.39, 0.29) is 6.10 Å². The van der Waals surface area contributed by atoms with Crippen molar-refractivity contribution >= 4 is 0 Å². The Morgan fingerprint density at radius 2 is 2.00 bits per heavy atom. The SMILES string of the molecule is OC(CCc1ccn(C2CCCCC2)n1)C1CC1. The van der Waals surface area contributed by atoms with Crippen molar-refractivity contribution in [2.75, 3.05) is 0 Å². The molecule has 3 nitrogen and oxygen atoms in total. The zero-order chi connectivity index (χ0) is 12.4. The van der Waals surface area contributed by atoms with E-state index in [2.05, 4.69) is 16.9 Å². The van der Waals surface area contributed by atoms with E-state index in [4.69, 9.17) is 5.10 Å². The number of aliphatic hydroxyl groups excluding tert-OH is 1. The van der Waals surface area contributed by atoms with Gasteiger partial charge in [0, 0.05) is 6.20 Å². The number of nitrogens with zero attached hydrogens (tertiary/aromatic N) is 2. The molecule has 1 aromatic rings. The molecule has 2 fully saturated rings. The molecule has 0 aromatic carbocycles. The second-order valence-corrected chi connectivity index (χ2v) is 6.02. The van der Waals surface area contributed by atoms with Crippen molar-refractivity contribution in [1.82, 2.24) is 9.78 Å². The van der Waals surface area contributed by atoms with Crippen LogP contribution in [0.4, 0.5) is 0 Å². The molecule has 18 heavy (non-hydrogen) atoms. The highest BCUT2D eigenvalue weighted by molar-refractivity contribution is 5.01. The van der Waals surface area contributed by atoms with E-state index >= 15 is 0 Å². The van der Waals surface area contributed by atoms with Crippen LogP contribution in [0.25, 0.3) is 0 Å². The fourth-order valence-corrected chi connectivity index (χ4v) is 3.07. The van der Waals surface area contributed by atoms with Gasteiger partial charge in [0.1, 0.15) is 0 Å². The predicted molar refractivity (Wildman–Crippen MR) is 71.4 cm³/mol. The summed E-state index contributed by atoms with van der Waals surface area (Å²) in [5, 5.41) is 14.6. The molecule has 3 rings (SSSR count). The molecular weight excluding hydrogens is 224 g/mol.